The third kappa shape index (κ3) is 4.45. The van der Waals surface area contributed by atoms with Crippen molar-refractivity contribution >= 4 is 29.2 Å². The molecule has 0 bridgehead atoms. The van der Waals surface area contributed by atoms with E-state index in [1.54, 1.807) is 0 Å². The van der Waals surface area contributed by atoms with E-state index in [9.17, 15) is 0 Å². The number of fused-ring (bicyclic) bond motifs is 1. The van der Waals surface area contributed by atoms with Crippen LogP contribution in [0.15, 0.2) is 53.7 Å². The van der Waals surface area contributed by atoms with E-state index in [1.165, 1.54) is 11.3 Å². The maximum Gasteiger partial charge on any atom is 0.144 e. The second kappa shape index (κ2) is 9.82. The molecule has 164 valence electrons. The smallest absolute Gasteiger partial charge is 0.144 e. The number of benzene rings is 1. The van der Waals surface area contributed by atoms with E-state index in [4.69, 9.17) is 26.8 Å². The lowest BCUT2D eigenvalue weighted by Gasteiger charge is -2.06. The first-order valence-corrected chi connectivity index (χ1v) is 11.2. The van der Waals surface area contributed by atoms with Crippen molar-refractivity contribution in [2.45, 2.75) is 19.9 Å². The summed E-state index contributed by atoms with van der Waals surface area (Å²) in [7, 11) is 0. The molecule has 4 aromatic rings. The number of hydrogen-bond donors (Lipinski definition) is 4. The Morgan fingerprint density at radius 1 is 1.22 bits per heavy atom. The standard InChI is InChI=1S/C23H26N8S/c1-15-20(31-13-16(8-9-18(31)29-15)12-27-11-5-10-24)23-30-19(17-6-3-2-4-7-17)21(32-23)22(26)28-14-25/h2-4,6-9,13-14,27H,5,10-12,24H2,1H3,(H3,25,26,28). The van der Waals surface area contributed by atoms with Crippen molar-refractivity contribution in [3.8, 4) is 22.0 Å². The average Bonchev–Trinajstić information content (AvgIpc) is 3.37. The molecule has 0 amide bonds. The van der Waals surface area contributed by atoms with Gasteiger partial charge in [0.1, 0.15) is 28.5 Å². The summed E-state index contributed by atoms with van der Waals surface area (Å²) >= 11 is 1.46. The Labute approximate surface area is 190 Å². The Balaban J connectivity index is 1.80. The third-order valence-corrected chi connectivity index (χ3v) is 6.14. The average molecular weight is 447 g/mol. The molecule has 0 aliphatic carbocycles. The highest BCUT2D eigenvalue weighted by molar-refractivity contribution is 7.17. The second-order valence-corrected chi connectivity index (χ2v) is 8.34. The molecule has 1 aromatic carbocycles. The molecule has 0 aliphatic rings. The number of hydrogen-bond acceptors (Lipinski definition) is 6. The van der Waals surface area contributed by atoms with Gasteiger partial charge in [-0.15, -0.1) is 11.3 Å². The van der Waals surface area contributed by atoms with E-state index in [1.807, 2.05) is 43.3 Å². The highest BCUT2D eigenvalue weighted by atomic mass is 32.1. The highest BCUT2D eigenvalue weighted by Gasteiger charge is 2.21. The lowest BCUT2D eigenvalue weighted by atomic mass is 10.1. The number of nitrogens with one attached hydrogen (secondary N) is 2. The Kier molecular flexibility index (Phi) is 6.69. The highest BCUT2D eigenvalue weighted by Crippen LogP contribution is 2.35. The number of aliphatic imine (C=N–C) groups is 1. The minimum absolute atomic E-state index is 0.277. The number of amidine groups is 1. The van der Waals surface area contributed by atoms with Gasteiger partial charge in [0.25, 0.3) is 0 Å². The fourth-order valence-corrected chi connectivity index (χ4v) is 4.63. The number of nitrogens with zero attached hydrogens (tertiary/aromatic N) is 4. The van der Waals surface area contributed by atoms with Crippen LogP contribution in [0, 0.1) is 12.3 Å². The molecule has 0 atom stereocenters. The molecule has 9 heteroatoms. The fraction of sp³-hybridized carbons (Fsp3) is 0.217. The summed E-state index contributed by atoms with van der Waals surface area (Å²) in [5.74, 6) is 0.277. The van der Waals surface area contributed by atoms with Gasteiger partial charge in [0, 0.05) is 18.3 Å². The first-order chi connectivity index (χ1) is 15.6. The molecule has 0 radical (unpaired) electrons. The van der Waals surface area contributed by atoms with Crippen LogP contribution in [0.4, 0.5) is 0 Å². The van der Waals surface area contributed by atoms with Gasteiger partial charge in [-0.3, -0.25) is 9.81 Å². The van der Waals surface area contributed by atoms with Crippen LogP contribution in [-0.4, -0.2) is 39.6 Å². The van der Waals surface area contributed by atoms with Crippen molar-refractivity contribution in [1.82, 2.24) is 19.7 Å². The largest absolute Gasteiger partial charge is 0.382 e. The molecule has 0 saturated carbocycles. The van der Waals surface area contributed by atoms with Gasteiger partial charge in [0.05, 0.1) is 16.3 Å². The van der Waals surface area contributed by atoms with Gasteiger partial charge in [-0.2, -0.15) is 0 Å². The SMILES string of the molecule is Cc1nc2ccc(CNCCCN)cn2c1-c1nc(-c2ccccc2)c(C(N)=NC=N)s1. The normalized spacial score (nSPS) is 11.9. The van der Waals surface area contributed by atoms with Crippen molar-refractivity contribution < 1.29 is 0 Å². The molecule has 0 aliphatic heterocycles. The van der Waals surface area contributed by atoms with Crippen molar-refractivity contribution in [1.29, 1.82) is 5.41 Å². The molecule has 32 heavy (non-hydrogen) atoms. The van der Waals surface area contributed by atoms with Gasteiger partial charge < -0.3 is 16.8 Å². The van der Waals surface area contributed by atoms with Crippen molar-refractivity contribution in [2.24, 2.45) is 16.5 Å². The van der Waals surface area contributed by atoms with E-state index >= 15 is 0 Å². The first kappa shape index (κ1) is 21.8. The Morgan fingerprint density at radius 3 is 2.78 bits per heavy atom. The molecule has 0 unspecified atom stereocenters. The zero-order valence-corrected chi connectivity index (χ0v) is 18.7. The minimum atomic E-state index is 0.277. The predicted molar refractivity (Wildman–Crippen MR) is 131 cm³/mol. The second-order valence-electron chi connectivity index (χ2n) is 7.34. The van der Waals surface area contributed by atoms with E-state index in [-0.39, 0.29) is 5.84 Å². The number of rotatable bonds is 9. The number of pyridine rings is 1. The van der Waals surface area contributed by atoms with E-state index in [0.717, 1.165) is 69.6 Å². The monoisotopic (exact) mass is 446 g/mol. The van der Waals surface area contributed by atoms with Crippen LogP contribution in [0.1, 0.15) is 22.6 Å². The molecular weight excluding hydrogens is 420 g/mol. The molecule has 0 fully saturated rings. The van der Waals surface area contributed by atoms with E-state index in [2.05, 4.69) is 27.0 Å². The van der Waals surface area contributed by atoms with Gasteiger partial charge in [0.2, 0.25) is 0 Å². The summed E-state index contributed by atoms with van der Waals surface area (Å²) in [5, 5.41) is 11.5. The summed E-state index contributed by atoms with van der Waals surface area (Å²) in [6.45, 7) is 4.30. The number of nitrogens with two attached hydrogens (primary N) is 2. The minimum Gasteiger partial charge on any atom is -0.382 e. The molecule has 8 nitrogen and oxygen atoms in total. The maximum absolute atomic E-state index is 7.32. The number of aryl methyl sites for hydroxylation is 1. The van der Waals surface area contributed by atoms with Gasteiger partial charge in [-0.25, -0.2) is 15.0 Å². The van der Waals surface area contributed by atoms with Gasteiger partial charge in [0.15, 0.2) is 0 Å². The quantitative estimate of drug-likeness (QED) is 0.178. The van der Waals surface area contributed by atoms with Crippen molar-refractivity contribution in [3.63, 3.8) is 0 Å². The summed E-state index contributed by atoms with van der Waals surface area (Å²) in [4.78, 5) is 14.4. The summed E-state index contributed by atoms with van der Waals surface area (Å²) in [5.41, 5.74) is 17.3. The van der Waals surface area contributed by atoms with Gasteiger partial charge >= 0.3 is 0 Å². The summed E-state index contributed by atoms with van der Waals surface area (Å²) in [6.07, 6.45) is 3.99. The van der Waals surface area contributed by atoms with Crippen LogP contribution in [0.25, 0.3) is 27.6 Å². The number of thiazole rings is 1. The number of imidazole rings is 1. The maximum atomic E-state index is 7.32. The predicted octanol–water partition coefficient (Wildman–Crippen LogP) is 3.18. The lowest BCUT2D eigenvalue weighted by molar-refractivity contribution is 0.654. The molecular formula is C23H26N8S. The molecule has 3 aromatic heterocycles. The summed E-state index contributed by atoms with van der Waals surface area (Å²) in [6, 6.07) is 14.0. The van der Waals surface area contributed by atoms with Crippen LogP contribution in [0.3, 0.4) is 0 Å². The lowest BCUT2D eigenvalue weighted by Crippen LogP contribution is -2.17. The van der Waals surface area contributed by atoms with Gasteiger partial charge in [-0.1, -0.05) is 36.4 Å². The molecule has 4 rings (SSSR count). The number of aromatic nitrogens is 3. The molecule has 6 N–H and O–H groups in total. The van der Waals surface area contributed by atoms with Crippen LogP contribution in [-0.2, 0) is 6.54 Å². The van der Waals surface area contributed by atoms with Crippen molar-refractivity contribution in [2.75, 3.05) is 13.1 Å². The van der Waals surface area contributed by atoms with E-state index in [0.29, 0.717) is 6.54 Å². The van der Waals surface area contributed by atoms with Crippen LogP contribution in [0.5, 0.6) is 0 Å². The Morgan fingerprint density at radius 2 is 2.03 bits per heavy atom. The van der Waals surface area contributed by atoms with Crippen LogP contribution in [0.2, 0.25) is 0 Å². The zero-order chi connectivity index (χ0) is 22.5. The Bertz CT molecular complexity index is 1260. The third-order valence-electron chi connectivity index (χ3n) is 5.05. The zero-order valence-electron chi connectivity index (χ0n) is 17.9. The molecule has 3 heterocycles. The topological polar surface area (TPSA) is 130 Å². The van der Waals surface area contributed by atoms with Crippen molar-refractivity contribution in [3.05, 3.63) is 64.8 Å². The molecule has 0 spiro atoms. The van der Waals surface area contributed by atoms with Gasteiger partial charge in [-0.05, 0) is 38.1 Å². The molecule has 0 saturated heterocycles. The van der Waals surface area contributed by atoms with Crippen LogP contribution < -0.4 is 16.8 Å². The summed E-state index contributed by atoms with van der Waals surface area (Å²) < 4.78 is 2.08. The Hall–Kier alpha value is -3.40. The first-order valence-electron chi connectivity index (χ1n) is 10.4. The fourth-order valence-electron chi connectivity index (χ4n) is 3.54. The van der Waals surface area contributed by atoms with E-state index < -0.39 is 0 Å². The van der Waals surface area contributed by atoms with Crippen LogP contribution >= 0.6 is 11.3 Å².